The molecule has 3 amide bonds. The molecule has 1 aromatic rings. The quantitative estimate of drug-likeness (QED) is 0.407. The number of carbonyl (C=O) groups is 3. The first kappa shape index (κ1) is 28.9. The van der Waals surface area contributed by atoms with Gasteiger partial charge in [-0.25, -0.2) is 13.6 Å². The molecule has 0 aromatic heterocycles. The van der Waals surface area contributed by atoms with E-state index >= 15 is 0 Å². The van der Waals surface area contributed by atoms with Gasteiger partial charge in [-0.2, -0.15) is 0 Å². The lowest BCUT2D eigenvalue weighted by molar-refractivity contribution is -0.134. The van der Waals surface area contributed by atoms with Gasteiger partial charge in [-0.15, -0.1) is 0 Å². The number of nitrogens with one attached hydrogen (secondary N) is 2. The second-order valence-electron chi connectivity index (χ2n) is 9.60. The molecule has 4 rings (SSSR count). The number of alkyl carbamates (subject to hydrolysis) is 1. The number of benzene rings is 1. The minimum atomic E-state index is -1.04. The molecule has 0 spiro atoms. The number of halogens is 2. The molecule has 1 unspecified atom stereocenters. The molecule has 3 aliphatic heterocycles. The summed E-state index contributed by atoms with van der Waals surface area (Å²) in [6.07, 6.45) is 5.18. The Bertz CT molecular complexity index is 1110. The third-order valence-electron chi connectivity index (χ3n) is 6.47. The van der Waals surface area contributed by atoms with Gasteiger partial charge < -0.3 is 19.9 Å². The third-order valence-corrected chi connectivity index (χ3v) is 6.47. The minimum absolute atomic E-state index is 0.0353. The summed E-state index contributed by atoms with van der Waals surface area (Å²) >= 11 is 0. The van der Waals surface area contributed by atoms with Gasteiger partial charge in [0.15, 0.2) is 0 Å². The fraction of sp³-hybridized carbons (Fsp3) is 0.464. The van der Waals surface area contributed by atoms with E-state index < -0.39 is 35.5 Å². The summed E-state index contributed by atoms with van der Waals surface area (Å²) in [5.74, 6) is -3.84. The highest BCUT2D eigenvalue weighted by molar-refractivity contribution is 6.01. The van der Waals surface area contributed by atoms with E-state index in [1.54, 1.807) is 4.90 Å². The van der Waals surface area contributed by atoms with Crippen LogP contribution < -0.4 is 15.5 Å². The SMILES string of the molecule is C=C(/C=C\C=C(C)C)N1CC(OC(=O)NC2CN(c3cc(F)c(C4CCC(=O)NC4=O)c(F)c3)C2)C1.CC. The maximum atomic E-state index is 14.7. The average Bonchev–Trinajstić information content (AvgIpc) is 2.80. The molecule has 10 heteroatoms. The molecule has 3 heterocycles. The molecule has 3 aliphatic rings. The van der Waals surface area contributed by atoms with Gasteiger partial charge >= 0.3 is 6.09 Å². The Hall–Kier alpha value is -3.69. The highest BCUT2D eigenvalue weighted by Crippen LogP contribution is 2.33. The maximum Gasteiger partial charge on any atom is 0.407 e. The number of rotatable bonds is 7. The number of anilines is 1. The van der Waals surface area contributed by atoms with Gasteiger partial charge in [0.2, 0.25) is 11.8 Å². The first-order valence-corrected chi connectivity index (χ1v) is 12.9. The van der Waals surface area contributed by atoms with E-state index in [4.69, 9.17) is 4.74 Å². The summed E-state index contributed by atoms with van der Waals surface area (Å²) in [5.41, 5.74) is 2.04. The zero-order valence-electron chi connectivity index (χ0n) is 22.4. The van der Waals surface area contributed by atoms with Crippen LogP contribution in [0.3, 0.4) is 0 Å². The van der Waals surface area contributed by atoms with Crippen molar-refractivity contribution in [3.63, 3.8) is 0 Å². The summed E-state index contributed by atoms with van der Waals surface area (Å²) in [7, 11) is 0. The van der Waals surface area contributed by atoms with E-state index in [9.17, 15) is 23.2 Å². The van der Waals surface area contributed by atoms with Crippen molar-refractivity contribution in [2.75, 3.05) is 31.1 Å². The summed E-state index contributed by atoms with van der Waals surface area (Å²) < 4.78 is 34.9. The largest absolute Gasteiger partial charge is 0.442 e. The van der Waals surface area contributed by atoms with E-state index in [0.717, 1.165) is 5.70 Å². The summed E-state index contributed by atoms with van der Waals surface area (Å²) in [5, 5.41) is 4.89. The zero-order valence-corrected chi connectivity index (χ0v) is 22.4. The van der Waals surface area contributed by atoms with Crippen LogP contribution in [0.1, 0.15) is 52.0 Å². The summed E-state index contributed by atoms with van der Waals surface area (Å²) in [6, 6.07) is 2.15. The first-order valence-electron chi connectivity index (χ1n) is 12.9. The molecule has 38 heavy (non-hydrogen) atoms. The number of piperidine rings is 1. The van der Waals surface area contributed by atoms with Crippen LogP contribution in [0, 0.1) is 11.6 Å². The van der Waals surface area contributed by atoms with Gasteiger partial charge in [0.1, 0.15) is 17.7 Å². The second-order valence-corrected chi connectivity index (χ2v) is 9.60. The van der Waals surface area contributed by atoms with Crippen molar-refractivity contribution in [3.05, 3.63) is 65.4 Å². The molecule has 3 saturated heterocycles. The number of ether oxygens (including phenoxy) is 1. The van der Waals surface area contributed by atoms with Gasteiger partial charge in [-0.3, -0.25) is 14.9 Å². The topological polar surface area (TPSA) is 91.0 Å². The molecule has 1 aromatic carbocycles. The van der Waals surface area contributed by atoms with Crippen LogP contribution in [0.4, 0.5) is 19.3 Å². The van der Waals surface area contributed by atoms with Crippen molar-refractivity contribution in [1.82, 2.24) is 15.5 Å². The van der Waals surface area contributed by atoms with Crippen molar-refractivity contribution in [2.24, 2.45) is 0 Å². The fourth-order valence-electron chi connectivity index (χ4n) is 4.39. The Morgan fingerprint density at radius 2 is 1.76 bits per heavy atom. The highest BCUT2D eigenvalue weighted by Gasteiger charge is 2.36. The van der Waals surface area contributed by atoms with Crippen molar-refractivity contribution in [3.8, 4) is 0 Å². The third kappa shape index (κ3) is 6.99. The van der Waals surface area contributed by atoms with Gasteiger partial charge in [-0.05, 0) is 38.5 Å². The average molecular weight is 531 g/mol. The number of likely N-dealkylation sites (tertiary alicyclic amines) is 1. The molecule has 2 N–H and O–H groups in total. The first-order chi connectivity index (χ1) is 18.1. The van der Waals surface area contributed by atoms with E-state index in [0.29, 0.717) is 31.9 Å². The number of imide groups is 1. The lowest BCUT2D eigenvalue weighted by atomic mass is 9.89. The Kier molecular flexibility index (Phi) is 9.66. The van der Waals surface area contributed by atoms with Crippen molar-refractivity contribution >= 4 is 23.6 Å². The lowest BCUT2D eigenvalue weighted by Gasteiger charge is -2.43. The van der Waals surface area contributed by atoms with E-state index in [-0.39, 0.29) is 30.6 Å². The summed E-state index contributed by atoms with van der Waals surface area (Å²) in [4.78, 5) is 39.3. The van der Waals surface area contributed by atoms with E-state index in [2.05, 4.69) is 17.2 Å². The van der Waals surface area contributed by atoms with E-state index in [1.807, 2.05) is 50.8 Å². The number of nitrogens with zero attached hydrogens (tertiary/aromatic N) is 2. The van der Waals surface area contributed by atoms with Crippen LogP contribution in [0.25, 0.3) is 0 Å². The van der Waals surface area contributed by atoms with Crippen molar-refractivity contribution in [2.45, 2.75) is 58.6 Å². The smallest absolute Gasteiger partial charge is 0.407 e. The molecular formula is C28H36F2N4O4. The Labute approximate surface area is 222 Å². The van der Waals surface area contributed by atoms with Gasteiger partial charge in [0.05, 0.1) is 25.0 Å². The number of carbonyl (C=O) groups excluding carboxylic acids is 3. The van der Waals surface area contributed by atoms with Crippen LogP contribution in [0.2, 0.25) is 0 Å². The monoisotopic (exact) mass is 530 g/mol. The Balaban J connectivity index is 0.00000195. The second kappa shape index (κ2) is 12.7. The van der Waals surface area contributed by atoms with Crippen LogP contribution in [-0.2, 0) is 14.3 Å². The normalized spacial score (nSPS) is 19.6. The molecule has 0 saturated carbocycles. The number of amides is 3. The van der Waals surface area contributed by atoms with Crippen LogP contribution in [0.5, 0.6) is 0 Å². The van der Waals surface area contributed by atoms with Gasteiger partial charge in [-0.1, -0.05) is 38.2 Å². The highest BCUT2D eigenvalue weighted by atomic mass is 19.1. The number of allylic oxidation sites excluding steroid dienone is 4. The molecular weight excluding hydrogens is 494 g/mol. The summed E-state index contributed by atoms with van der Waals surface area (Å²) in [6.45, 7) is 13.9. The van der Waals surface area contributed by atoms with Gasteiger partial charge in [0.25, 0.3) is 0 Å². The Morgan fingerprint density at radius 3 is 2.34 bits per heavy atom. The predicted octanol–water partition coefficient (Wildman–Crippen LogP) is 4.15. The number of hydrogen-bond donors (Lipinski definition) is 2. The lowest BCUT2D eigenvalue weighted by Crippen LogP contribution is -2.61. The molecule has 0 bridgehead atoms. The maximum absolute atomic E-state index is 14.7. The predicted molar refractivity (Wildman–Crippen MR) is 142 cm³/mol. The van der Waals surface area contributed by atoms with E-state index in [1.165, 1.54) is 17.7 Å². The molecule has 0 radical (unpaired) electrons. The van der Waals surface area contributed by atoms with Crippen LogP contribution >= 0.6 is 0 Å². The zero-order chi connectivity index (χ0) is 28.0. The Morgan fingerprint density at radius 1 is 1.13 bits per heavy atom. The molecule has 3 fully saturated rings. The molecule has 206 valence electrons. The van der Waals surface area contributed by atoms with Crippen molar-refractivity contribution < 1.29 is 27.9 Å². The standard InChI is InChI=1S/C26H30F2N4O4.C2H6/c1-15(2)5-4-6-16(3)31-13-19(14-31)36-26(35)29-17-11-32(12-17)18-9-21(27)24(22(28)10-18)20-7-8-23(33)30-25(20)34;1-2/h4-6,9-10,17,19-20H,3,7-8,11-14H2,1-2H3,(H,29,35)(H,30,33,34);1-2H3/b6-4-;. The fourth-order valence-corrected chi connectivity index (χ4v) is 4.39. The van der Waals surface area contributed by atoms with Gasteiger partial charge in [0, 0.05) is 36.5 Å². The molecule has 0 aliphatic carbocycles. The molecule has 1 atom stereocenters. The molecule has 8 nitrogen and oxygen atoms in total. The van der Waals surface area contributed by atoms with Crippen molar-refractivity contribution in [1.29, 1.82) is 0 Å². The minimum Gasteiger partial charge on any atom is -0.442 e. The van der Waals surface area contributed by atoms with Crippen LogP contribution in [0.15, 0.2) is 48.2 Å². The number of hydrogen-bond acceptors (Lipinski definition) is 6. The van der Waals surface area contributed by atoms with Crippen LogP contribution in [-0.4, -0.2) is 61.1 Å².